The normalized spacial score (nSPS) is 15.9. The summed E-state index contributed by atoms with van der Waals surface area (Å²) < 4.78 is 5.16. The second-order valence-electron chi connectivity index (χ2n) is 7.62. The number of methoxy groups -OCH3 is 1. The number of halogens is 2. The Kier molecular flexibility index (Phi) is 11.3. The van der Waals surface area contributed by atoms with Gasteiger partial charge in [-0.05, 0) is 56.4 Å². The molecule has 1 aromatic carbocycles. The van der Waals surface area contributed by atoms with Crippen LogP contribution in [-0.4, -0.2) is 68.3 Å². The minimum absolute atomic E-state index is 0. The fourth-order valence-electron chi connectivity index (χ4n) is 3.89. The molecule has 0 aliphatic carbocycles. The highest BCUT2D eigenvalue weighted by Gasteiger charge is 2.19. The molecule has 0 saturated carbocycles. The van der Waals surface area contributed by atoms with Crippen LogP contribution in [0.1, 0.15) is 31.7 Å². The Morgan fingerprint density at radius 1 is 1.33 bits per heavy atom. The molecule has 6 nitrogen and oxygen atoms in total. The zero-order valence-electron chi connectivity index (χ0n) is 18.0. The van der Waals surface area contributed by atoms with E-state index in [0.717, 1.165) is 81.5 Å². The summed E-state index contributed by atoms with van der Waals surface area (Å²) in [4.78, 5) is 10.7. The SMILES string of the molecule is CCNC(=NCCc1c[nH]c2ccc(Cl)cc12)NC1CCN(CCCOC)CC1.I. The molecule has 0 spiro atoms. The van der Waals surface area contributed by atoms with Gasteiger partial charge in [0.25, 0.3) is 0 Å². The van der Waals surface area contributed by atoms with Gasteiger partial charge in [0, 0.05) is 74.6 Å². The third kappa shape index (κ3) is 7.59. The number of aromatic amines is 1. The summed E-state index contributed by atoms with van der Waals surface area (Å²) in [5, 5.41) is 8.97. The first kappa shape index (κ1) is 25.2. The van der Waals surface area contributed by atoms with Crippen molar-refractivity contribution < 1.29 is 4.74 Å². The standard InChI is InChI=1S/C22H34ClN5O.HI/c1-3-24-22(27-19-8-12-28(13-9-19)11-4-14-29-2)25-10-7-17-16-26-21-6-5-18(23)15-20(17)21;/h5-6,15-16,19,26H,3-4,7-14H2,1-2H3,(H2,24,25,27);1H. The number of nitrogens with zero attached hydrogens (tertiary/aromatic N) is 2. The van der Waals surface area contributed by atoms with E-state index in [-0.39, 0.29) is 24.0 Å². The number of hydrogen-bond donors (Lipinski definition) is 3. The van der Waals surface area contributed by atoms with Crippen molar-refractivity contribution in [3.63, 3.8) is 0 Å². The van der Waals surface area contributed by atoms with E-state index in [2.05, 4.69) is 33.6 Å². The number of rotatable bonds is 9. The topological polar surface area (TPSA) is 64.7 Å². The number of guanidine groups is 1. The first-order valence-electron chi connectivity index (χ1n) is 10.7. The summed E-state index contributed by atoms with van der Waals surface area (Å²) in [7, 11) is 1.77. The van der Waals surface area contributed by atoms with Crippen molar-refractivity contribution >= 4 is 52.4 Å². The zero-order chi connectivity index (χ0) is 20.5. The molecule has 1 aromatic heterocycles. The van der Waals surface area contributed by atoms with Crippen LogP contribution < -0.4 is 10.6 Å². The minimum atomic E-state index is 0. The van der Waals surface area contributed by atoms with E-state index in [1.807, 2.05) is 18.2 Å². The van der Waals surface area contributed by atoms with Gasteiger partial charge in [0.05, 0.1) is 0 Å². The van der Waals surface area contributed by atoms with Crippen LogP contribution in [0, 0.1) is 0 Å². The van der Waals surface area contributed by atoms with Crippen molar-refractivity contribution in [3.05, 3.63) is 35.0 Å². The van der Waals surface area contributed by atoms with Crippen LogP contribution in [0.5, 0.6) is 0 Å². The molecule has 1 aliphatic rings. The van der Waals surface area contributed by atoms with E-state index < -0.39 is 0 Å². The van der Waals surface area contributed by atoms with Crippen molar-refractivity contribution in [1.29, 1.82) is 0 Å². The summed E-state index contributed by atoms with van der Waals surface area (Å²) in [6.45, 7) is 7.96. The number of benzene rings is 1. The van der Waals surface area contributed by atoms with Crippen molar-refractivity contribution in [2.24, 2.45) is 4.99 Å². The van der Waals surface area contributed by atoms with Gasteiger partial charge < -0.3 is 25.3 Å². The quantitative estimate of drug-likeness (QED) is 0.192. The third-order valence-corrected chi connectivity index (χ3v) is 5.71. The maximum Gasteiger partial charge on any atom is 0.191 e. The van der Waals surface area contributed by atoms with E-state index in [4.69, 9.17) is 21.3 Å². The lowest BCUT2D eigenvalue weighted by Crippen LogP contribution is -2.49. The smallest absolute Gasteiger partial charge is 0.191 e. The summed E-state index contributed by atoms with van der Waals surface area (Å²) in [5.74, 6) is 0.920. The van der Waals surface area contributed by atoms with E-state index in [1.165, 1.54) is 10.9 Å². The molecule has 1 aliphatic heterocycles. The lowest BCUT2D eigenvalue weighted by atomic mass is 10.1. The van der Waals surface area contributed by atoms with Crippen molar-refractivity contribution in [2.75, 3.05) is 46.4 Å². The Balaban J connectivity index is 0.00000320. The van der Waals surface area contributed by atoms with Crippen LogP contribution in [0.4, 0.5) is 0 Å². The van der Waals surface area contributed by atoms with E-state index >= 15 is 0 Å². The number of aliphatic imine (C=N–C) groups is 1. The molecule has 0 amide bonds. The molecule has 0 radical (unpaired) electrons. The Labute approximate surface area is 202 Å². The highest BCUT2D eigenvalue weighted by atomic mass is 127. The monoisotopic (exact) mass is 547 g/mol. The summed E-state index contributed by atoms with van der Waals surface area (Å²) in [6.07, 6.45) is 6.36. The molecule has 3 N–H and O–H groups in total. The van der Waals surface area contributed by atoms with Crippen molar-refractivity contribution in [2.45, 2.75) is 38.6 Å². The highest BCUT2D eigenvalue weighted by molar-refractivity contribution is 14.0. The van der Waals surface area contributed by atoms with Gasteiger partial charge in [-0.15, -0.1) is 24.0 Å². The molecule has 1 saturated heterocycles. The second kappa shape index (κ2) is 13.4. The Morgan fingerprint density at radius 3 is 2.87 bits per heavy atom. The number of hydrogen-bond acceptors (Lipinski definition) is 3. The van der Waals surface area contributed by atoms with E-state index in [9.17, 15) is 0 Å². The first-order valence-corrected chi connectivity index (χ1v) is 11.1. The van der Waals surface area contributed by atoms with Crippen LogP contribution >= 0.6 is 35.6 Å². The fourth-order valence-corrected chi connectivity index (χ4v) is 4.06. The van der Waals surface area contributed by atoms with E-state index in [0.29, 0.717) is 6.04 Å². The molecule has 168 valence electrons. The number of fused-ring (bicyclic) bond motifs is 1. The van der Waals surface area contributed by atoms with Crippen molar-refractivity contribution in [1.82, 2.24) is 20.5 Å². The zero-order valence-corrected chi connectivity index (χ0v) is 21.1. The van der Waals surface area contributed by atoms with Gasteiger partial charge in [0.2, 0.25) is 0 Å². The van der Waals surface area contributed by atoms with Crippen LogP contribution in [0.3, 0.4) is 0 Å². The van der Waals surface area contributed by atoms with Gasteiger partial charge in [0.1, 0.15) is 0 Å². The van der Waals surface area contributed by atoms with Crippen LogP contribution in [0.15, 0.2) is 29.4 Å². The predicted octanol–water partition coefficient (Wildman–Crippen LogP) is 4.04. The number of ether oxygens (including phenoxy) is 1. The predicted molar refractivity (Wildman–Crippen MR) is 137 cm³/mol. The molecule has 1 fully saturated rings. The Hall–Kier alpha value is -1.03. The maximum absolute atomic E-state index is 6.16. The molecule has 2 aromatic rings. The molecular formula is C22H35ClIN5O. The second-order valence-corrected chi connectivity index (χ2v) is 8.06. The van der Waals surface area contributed by atoms with E-state index in [1.54, 1.807) is 7.11 Å². The largest absolute Gasteiger partial charge is 0.385 e. The molecular weight excluding hydrogens is 513 g/mol. The first-order chi connectivity index (χ1) is 14.2. The molecule has 8 heteroatoms. The van der Waals surface area contributed by atoms with Crippen LogP contribution in [0.25, 0.3) is 10.9 Å². The van der Waals surface area contributed by atoms with Crippen LogP contribution in [-0.2, 0) is 11.2 Å². The van der Waals surface area contributed by atoms with Gasteiger partial charge in [-0.25, -0.2) is 0 Å². The van der Waals surface area contributed by atoms with Gasteiger partial charge >= 0.3 is 0 Å². The number of piperidine rings is 1. The third-order valence-electron chi connectivity index (χ3n) is 5.48. The lowest BCUT2D eigenvalue weighted by Gasteiger charge is -2.33. The van der Waals surface area contributed by atoms with Gasteiger partial charge in [-0.2, -0.15) is 0 Å². The van der Waals surface area contributed by atoms with Crippen LogP contribution in [0.2, 0.25) is 5.02 Å². The molecule has 2 heterocycles. The highest BCUT2D eigenvalue weighted by Crippen LogP contribution is 2.22. The molecule has 30 heavy (non-hydrogen) atoms. The van der Waals surface area contributed by atoms with Gasteiger partial charge in [-0.3, -0.25) is 4.99 Å². The number of nitrogens with one attached hydrogen (secondary N) is 3. The summed E-state index contributed by atoms with van der Waals surface area (Å²) >= 11 is 6.16. The number of likely N-dealkylation sites (tertiary alicyclic amines) is 1. The van der Waals surface area contributed by atoms with Gasteiger partial charge in [0.15, 0.2) is 5.96 Å². The molecule has 0 bridgehead atoms. The summed E-state index contributed by atoms with van der Waals surface area (Å²) in [6, 6.07) is 6.45. The average molecular weight is 548 g/mol. The minimum Gasteiger partial charge on any atom is -0.385 e. The molecule has 0 unspecified atom stereocenters. The number of H-pyrrole nitrogens is 1. The summed E-state index contributed by atoms with van der Waals surface area (Å²) in [5.41, 5.74) is 2.38. The molecule has 3 rings (SSSR count). The molecule has 0 atom stereocenters. The van der Waals surface area contributed by atoms with Crippen molar-refractivity contribution in [3.8, 4) is 0 Å². The van der Waals surface area contributed by atoms with Gasteiger partial charge in [-0.1, -0.05) is 11.6 Å². The fraction of sp³-hybridized carbons (Fsp3) is 0.591. The number of aromatic nitrogens is 1. The average Bonchev–Trinajstić information content (AvgIpc) is 3.12. The Bertz CT molecular complexity index is 789. The lowest BCUT2D eigenvalue weighted by molar-refractivity contribution is 0.155. The Morgan fingerprint density at radius 2 is 2.13 bits per heavy atom. The maximum atomic E-state index is 6.16.